The van der Waals surface area contributed by atoms with Crippen LogP contribution in [0.1, 0.15) is 24.3 Å². The topological polar surface area (TPSA) is 64.3 Å². The van der Waals surface area contributed by atoms with Crippen LogP contribution in [0, 0.1) is 0 Å². The van der Waals surface area contributed by atoms with Crippen molar-refractivity contribution in [2.45, 2.75) is 18.8 Å². The Labute approximate surface area is 109 Å². The van der Waals surface area contributed by atoms with E-state index < -0.39 is 0 Å². The number of rotatable bonds is 8. The van der Waals surface area contributed by atoms with Gasteiger partial charge in [0, 0.05) is 13.7 Å². The maximum Gasteiger partial charge on any atom is 0.245 e. The Bertz CT molecular complexity index is 341. The zero-order valence-corrected chi connectivity index (χ0v) is 10.9. The standard InChI is InChI=1S/C14H22N2O2/c1-18-11-14(17)16-10-8-13(7-9-15)12-5-3-2-4-6-12/h2-6,13H,7-11,15H2,1H3,(H,16,17)/t13-/m1/s1. The normalized spacial score (nSPS) is 12.1. The highest BCUT2D eigenvalue weighted by Gasteiger charge is 2.10. The highest BCUT2D eigenvalue weighted by molar-refractivity contribution is 5.77. The van der Waals surface area contributed by atoms with Crippen LogP contribution >= 0.6 is 0 Å². The molecule has 0 heterocycles. The molecule has 0 fully saturated rings. The Kier molecular flexibility index (Phi) is 7.06. The molecule has 4 nitrogen and oxygen atoms in total. The third-order valence-corrected chi connectivity index (χ3v) is 2.88. The van der Waals surface area contributed by atoms with Gasteiger partial charge in [-0.1, -0.05) is 30.3 Å². The largest absolute Gasteiger partial charge is 0.375 e. The molecule has 0 aliphatic heterocycles. The molecule has 0 spiro atoms. The minimum atomic E-state index is -0.0722. The Morgan fingerprint density at radius 3 is 2.67 bits per heavy atom. The molecule has 100 valence electrons. The number of benzene rings is 1. The molecule has 1 aromatic carbocycles. The summed E-state index contributed by atoms with van der Waals surface area (Å²) in [5.41, 5.74) is 6.92. The lowest BCUT2D eigenvalue weighted by Crippen LogP contribution is -2.29. The summed E-state index contributed by atoms with van der Waals surface area (Å²) in [6.07, 6.45) is 1.83. The third-order valence-electron chi connectivity index (χ3n) is 2.88. The first-order valence-electron chi connectivity index (χ1n) is 6.28. The Hall–Kier alpha value is -1.39. The second-order valence-electron chi connectivity index (χ2n) is 4.26. The van der Waals surface area contributed by atoms with Gasteiger partial charge < -0.3 is 15.8 Å². The molecule has 0 aromatic heterocycles. The van der Waals surface area contributed by atoms with E-state index in [0.29, 0.717) is 19.0 Å². The van der Waals surface area contributed by atoms with Crippen LogP contribution in [-0.2, 0) is 9.53 Å². The van der Waals surface area contributed by atoms with Gasteiger partial charge in [0.2, 0.25) is 5.91 Å². The van der Waals surface area contributed by atoms with Crippen molar-refractivity contribution in [2.75, 3.05) is 26.8 Å². The molecule has 1 rings (SSSR count). The van der Waals surface area contributed by atoms with Gasteiger partial charge in [-0.15, -0.1) is 0 Å². The van der Waals surface area contributed by atoms with Crippen molar-refractivity contribution in [3.8, 4) is 0 Å². The van der Waals surface area contributed by atoms with E-state index in [9.17, 15) is 4.79 Å². The van der Waals surface area contributed by atoms with Crippen LogP contribution in [0.4, 0.5) is 0 Å². The number of carbonyl (C=O) groups excluding carboxylic acids is 1. The lowest BCUT2D eigenvalue weighted by molar-refractivity contribution is -0.124. The van der Waals surface area contributed by atoms with Gasteiger partial charge >= 0.3 is 0 Å². The van der Waals surface area contributed by atoms with Crippen LogP contribution in [-0.4, -0.2) is 32.7 Å². The maximum absolute atomic E-state index is 11.3. The third kappa shape index (κ3) is 5.29. The number of ether oxygens (including phenoxy) is 1. The molecule has 0 saturated heterocycles. The molecule has 0 aliphatic carbocycles. The van der Waals surface area contributed by atoms with Crippen molar-refractivity contribution in [1.82, 2.24) is 5.32 Å². The van der Waals surface area contributed by atoms with E-state index in [1.807, 2.05) is 18.2 Å². The Morgan fingerprint density at radius 2 is 2.06 bits per heavy atom. The van der Waals surface area contributed by atoms with Gasteiger partial charge in [-0.25, -0.2) is 0 Å². The lowest BCUT2D eigenvalue weighted by Gasteiger charge is -2.16. The summed E-state index contributed by atoms with van der Waals surface area (Å²) in [5, 5.41) is 2.84. The van der Waals surface area contributed by atoms with Gasteiger partial charge in [0.05, 0.1) is 0 Å². The van der Waals surface area contributed by atoms with E-state index in [4.69, 9.17) is 10.5 Å². The number of methoxy groups -OCH3 is 1. The van der Waals surface area contributed by atoms with Crippen molar-refractivity contribution >= 4 is 5.91 Å². The van der Waals surface area contributed by atoms with E-state index in [-0.39, 0.29) is 12.5 Å². The SMILES string of the molecule is COCC(=O)NCC[C@@H](CCN)c1ccccc1. The van der Waals surface area contributed by atoms with Crippen LogP contribution in [0.15, 0.2) is 30.3 Å². The van der Waals surface area contributed by atoms with Crippen molar-refractivity contribution in [2.24, 2.45) is 5.73 Å². The summed E-state index contributed by atoms with van der Waals surface area (Å²) in [6.45, 7) is 1.43. The number of amides is 1. The van der Waals surface area contributed by atoms with E-state index in [0.717, 1.165) is 12.8 Å². The van der Waals surface area contributed by atoms with Gasteiger partial charge in [0.25, 0.3) is 0 Å². The maximum atomic E-state index is 11.3. The average Bonchev–Trinajstić information content (AvgIpc) is 2.39. The number of hydrogen-bond donors (Lipinski definition) is 2. The zero-order chi connectivity index (χ0) is 13.2. The number of nitrogens with two attached hydrogens (primary N) is 1. The fraction of sp³-hybridized carbons (Fsp3) is 0.500. The van der Waals surface area contributed by atoms with Gasteiger partial charge in [-0.05, 0) is 30.9 Å². The lowest BCUT2D eigenvalue weighted by atomic mass is 9.92. The second kappa shape index (κ2) is 8.66. The molecule has 4 heteroatoms. The van der Waals surface area contributed by atoms with Crippen molar-refractivity contribution in [3.63, 3.8) is 0 Å². The predicted octanol–water partition coefficient (Wildman–Crippen LogP) is 1.27. The molecular formula is C14H22N2O2. The quantitative estimate of drug-likeness (QED) is 0.730. The van der Waals surface area contributed by atoms with Crippen LogP contribution in [0.25, 0.3) is 0 Å². The summed E-state index contributed by atoms with van der Waals surface area (Å²) < 4.78 is 4.76. The minimum Gasteiger partial charge on any atom is -0.375 e. The highest BCUT2D eigenvalue weighted by Crippen LogP contribution is 2.21. The Balaban J connectivity index is 2.42. The van der Waals surface area contributed by atoms with Crippen LogP contribution < -0.4 is 11.1 Å². The molecule has 18 heavy (non-hydrogen) atoms. The van der Waals surface area contributed by atoms with E-state index in [1.54, 1.807) is 0 Å². The number of carbonyl (C=O) groups is 1. The Morgan fingerprint density at radius 1 is 1.33 bits per heavy atom. The van der Waals surface area contributed by atoms with Crippen molar-refractivity contribution in [3.05, 3.63) is 35.9 Å². The summed E-state index contributed by atoms with van der Waals surface area (Å²) in [6, 6.07) is 10.3. The fourth-order valence-electron chi connectivity index (χ4n) is 1.97. The van der Waals surface area contributed by atoms with Gasteiger partial charge in [0.1, 0.15) is 6.61 Å². The smallest absolute Gasteiger partial charge is 0.245 e. The molecule has 1 atom stereocenters. The van der Waals surface area contributed by atoms with E-state index in [1.165, 1.54) is 12.7 Å². The molecule has 1 aromatic rings. The van der Waals surface area contributed by atoms with Crippen molar-refractivity contribution < 1.29 is 9.53 Å². The molecule has 0 aliphatic rings. The molecule has 1 amide bonds. The number of nitrogens with one attached hydrogen (secondary N) is 1. The fourth-order valence-corrected chi connectivity index (χ4v) is 1.97. The molecule has 0 unspecified atom stereocenters. The van der Waals surface area contributed by atoms with Gasteiger partial charge in [-0.2, -0.15) is 0 Å². The molecule has 0 saturated carbocycles. The summed E-state index contributed by atoms with van der Waals surface area (Å²) in [7, 11) is 1.51. The first-order valence-corrected chi connectivity index (χ1v) is 6.28. The minimum absolute atomic E-state index is 0.0722. The molecule has 0 radical (unpaired) electrons. The van der Waals surface area contributed by atoms with Crippen LogP contribution in [0.3, 0.4) is 0 Å². The average molecular weight is 250 g/mol. The number of hydrogen-bond acceptors (Lipinski definition) is 3. The van der Waals surface area contributed by atoms with E-state index >= 15 is 0 Å². The van der Waals surface area contributed by atoms with Gasteiger partial charge in [0.15, 0.2) is 0 Å². The first kappa shape index (κ1) is 14.7. The van der Waals surface area contributed by atoms with Gasteiger partial charge in [-0.3, -0.25) is 4.79 Å². The zero-order valence-electron chi connectivity index (χ0n) is 10.9. The first-order chi connectivity index (χ1) is 8.77. The second-order valence-corrected chi connectivity index (χ2v) is 4.26. The molecule has 0 bridgehead atoms. The summed E-state index contributed by atoms with van der Waals surface area (Å²) >= 11 is 0. The van der Waals surface area contributed by atoms with E-state index in [2.05, 4.69) is 17.4 Å². The highest BCUT2D eigenvalue weighted by atomic mass is 16.5. The summed E-state index contributed by atoms with van der Waals surface area (Å²) in [5.74, 6) is 0.330. The predicted molar refractivity (Wildman–Crippen MR) is 72.4 cm³/mol. The van der Waals surface area contributed by atoms with Crippen LogP contribution in [0.5, 0.6) is 0 Å². The van der Waals surface area contributed by atoms with Crippen LogP contribution in [0.2, 0.25) is 0 Å². The monoisotopic (exact) mass is 250 g/mol. The molecule has 3 N–H and O–H groups in total. The molecular weight excluding hydrogens is 228 g/mol. The summed E-state index contributed by atoms with van der Waals surface area (Å²) in [4.78, 5) is 11.3. The van der Waals surface area contributed by atoms with Crippen molar-refractivity contribution in [1.29, 1.82) is 0 Å².